The number of benzene rings is 2. The number of aromatic carboxylic acids is 1. The summed E-state index contributed by atoms with van der Waals surface area (Å²) in [6.07, 6.45) is 4.69. The van der Waals surface area contributed by atoms with Gasteiger partial charge < -0.3 is 5.11 Å². The smallest absolute Gasteiger partial charge is 0.335 e. The maximum absolute atomic E-state index is 13.1. The second-order valence-corrected chi connectivity index (χ2v) is 8.99. The molecule has 0 unspecified atom stereocenters. The van der Waals surface area contributed by atoms with Gasteiger partial charge in [-0.25, -0.2) is 14.5 Å². The molecule has 0 spiro atoms. The zero-order valence-corrected chi connectivity index (χ0v) is 18.7. The van der Waals surface area contributed by atoms with Crippen molar-refractivity contribution < 1.29 is 9.90 Å². The van der Waals surface area contributed by atoms with Crippen LogP contribution in [0, 0.1) is 0 Å². The number of fused-ring (bicyclic) bond motifs is 2. The highest BCUT2D eigenvalue weighted by atomic mass is 32.1. The van der Waals surface area contributed by atoms with Crippen LogP contribution < -0.4 is 5.56 Å². The molecule has 0 bridgehead atoms. The first-order valence-corrected chi connectivity index (χ1v) is 11.6. The molecule has 8 heteroatoms. The predicted molar refractivity (Wildman–Crippen MR) is 132 cm³/mol. The molecule has 1 aliphatic heterocycles. The van der Waals surface area contributed by atoms with E-state index in [4.69, 9.17) is 10.1 Å². The van der Waals surface area contributed by atoms with Crippen LogP contribution in [0.2, 0.25) is 0 Å². The molecule has 0 atom stereocenters. The van der Waals surface area contributed by atoms with Crippen molar-refractivity contribution in [2.24, 2.45) is 0 Å². The van der Waals surface area contributed by atoms with E-state index in [0.29, 0.717) is 29.7 Å². The molecule has 1 N–H and O–H groups in total. The molecular formula is C26H18N4O3S. The number of nitrogens with zero attached hydrogens (tertiary/aromatic N) is 4. The first kappa shape index (κ1) is 20.3. The summed E-state index contributed by atoms with van der Waals surface area (Å²) in [7, 11) is 0. The average molecular weight is 467 g/mol. The Bertz CT molecular complexity index is 1650. The highest BCUT2D eigenvalue weighted by Crippen LogP contribution is 2.33. The Balaban J connectivity index is 1.51. The molecule has 0 radical (unpaired) electrons. The lowest BCUT2D eigenvalue weighted by Crippen LogP contribution is -2.21. The van der Waals surface area contributed by atoms with E-state index in [1.165, 1.54) is 12.1 Å². The Hall–Kier alpha value is -4.30. The molecule has 0 aliphatic carbocycles. The van der Waals surface area contributed by atoms with Crippen LogP contribution in [-0.2, 0) is 6.54 Å². The molecule has 5 aromatic rings. The molecule has 0 saturated carbocycles. The third kappa shape index (κ3) is 3.36. The first-order chi connectivity index (χ1) is 16.6. The normalized spacial score (nSPS) is 14.1. The second kappa shape index (κ2) is 7.93. The van der Waals surface area contributed by atoms with E-state index in [0.717, 1.165) is 27.4 Å². The lowest BCUT2D eigenvalue weighted by Gasteiger charge is -2.06. The number of allylic oxidation sites excluding steroid dienone is 1. The van der Waals surface area contributed by atoms with Gasteiger partial charge >= 0.3 is 5.97 Å². The standard InChI is InChI=1S/C26H18N4O3S/c31-25-20-9-8-17(26(32)33)14-21(20)27-24-16(10-11-29(24)25)13-18-15-30(19-5-2-1-3-6-19)28-23(18)22-7-4-12-34-22/h1-9,12-15H,10-11H2,(H,32,33). The molecule has 2 aromatic carbocycles. The molecule has 0 saturated heterocycles. The van der Waals surface area contributed by atoms with Gasteiger partial charge in [0.25, 0.3) is 5.56 Å². The number of carbonyl (C=O) groups is 1. The fourth-order valence-electron chi connectivity index (χ4n) is 4.29. The van der Waals surface area contributed by atoms with E-state index in [2.05, 4.69) is 0 Å². The number of para-hydroxylation sites is 1. The minimum atomic E-state index is -1.05. The third-order valence-corrected chi connectivity index (χ3v) is 6.82. The van der Waals surface area contributed by atoms with Crippen molar-refractivity contribution in [1.82, 2.24) is 19.3 Å². The van der Waals surface area contributed by atoms with Crippen molar-refractivity contribution >= 4 is 39.9 Å². The summed E-state index contributed by atoms with van der Waals surface area (Å²) in [4.78, 5) is 30.2. The molecule has 6 rings (SSSR count). The second-order valence-electron chi connectivity index (χ2n) is 8.04. The van der Waals surface area contributed by atoms with Gasteiger partial charge in [0.05, 0.1) is 27.0 Å². The van der Waals surface area contributed by atoms with Gasteiger partial charge in [-0.05, 0) is 59.8 Å². The van der Waals surface area contributed by atoms with Gasteiger partial charge in [-0.3, -0.25) is 9.36 Å². The Kier molecular flexibility index (Phi) is 4.74. The number of carboxylic acid groups (broad SMARTS) is 1. The Labute approximate surface area is 197 Å². The van der Waals surface area contributed by atoms with Crippen molar-refractivity contribution in [3.05, 3.63) is 99.5 Å². The van der Waals surface area contributed by atoms with Crippen LogP contribution in [-0.4, -0.2) is 30.4 Å². The Morgan fingerprint density at radius 2 is 1.94 bits per heavy atom. The van der Waals surface area contributed by atoms with Gasteiger partial charge in [0.2, 0.25) is 0 Å². The van der Waals surface area contributed by atoms with Gasteiger partial charge in [0, 0.05) is 18.3 Å². The molecule has 7 nitrogen and oxygen atoms in total. The van der Waals surface area contributed by atoms with Gasteiger partial charge in [-0.2, -0.15) is 5.10 Å². The number of hydrogen-bond donors (Lipinski definition) is 1. The largest absolute Gasteiger partial charge is 0.478 e. The molecule has 3 aromatic heterocycles. The van der Waals surface area contributed by atoms with Crippen LogP contribution in [0.5, 0.6) is 0 Å². The van der Waals surface area contributed by atoms with E-state index in [1.54, 1.807) is 22.0 Å². The summed E-state index contributed by atoms with van der Waals surface area (Å²) < 4.78 is 3.53. The summed E-state index contributed by atoms with van der Waals surface area (Å²) in [6.45, 7) is 0.533. The van der Waals surface area contributed by atoms with E-state index < -0.39 is 5.97 Å². The number of rotatable bonds is 4. The van der Waals surface area contributed by atoms with Crippen LogP contribution >= 0.6 is 11.3 Å². The van der Waals surface area contributed by atoms with E-state index in [9.17, 15) is 14.7 Å². The summed E-state index contributed by atoms with van der Waals surface area (Å²) in [5.74, 6) is -0.474. The van der Waals surface area contributed by atoms with E-state index in [1.807, 2.05) is 64.8 Å². The summed E-state index contributed by atoms with van der Waals surface area (Å²) >= 11 is 1.62. The Morgan fingerprint density at radius 3 is 2.71 bits per heavy atom. The fraction of sp³-hybridized carbons (Fsp3) is 0.0769. The molecule has 0 amide bonds. The van der Waals surface area contributed by atoms with Crippen molar-refractivity contribution in [2.45, 2.75) is 13.0 Å². The topological polar surface area (TPSA) is 90.0 Å². The van der Waals surface area contributed by atoms with Crippen LogP contribution in [0.25, 0.3) is 38.8 Å². The van der Waals surface area contributed by atoms with Gasteiger partial charge in [0.1, 0.15) is 11.5 Å². The van der Waals surface area contributed by atoms with Crippen LogP contribution in [0.3, 0.4) is 0 Å². The highest BCUT2D eigenvalue weighted by Gasteiger charge is 2.23. The molecular weight excluding hydrogens is 448 g/mol. The van der Waals surface area contributed by atoms with Crippen molar-refractivity contribution in [1.29, 1.82) is 0 Å². The number of thiophene rings is 1. The van der Waals surface area contributed by atoms with Crippen LogP contribution in [0.15, 0.2) is 77.0 Å². The SMILES string of the molecule is O=C(O)c1ccc2c(=O)n3c(nc2c1)C(=Cc1cn(-c2ccccc2)nc1-c1cccs1)CC3. The molecule has 34 heavy (non-hydrogen) atoms. The molecule has 1 aliphatic rings. The summed E-state index contributed by atoms with van der Waals surface area (Å²) in [5, 5.41) is 16.6. The third-order valence-electron chi connectivity index (χ3n) is 5.94. The quantitative estimate of drug-likeness (QED) is 0.405. The molecule has 0 fully saturated rings. The summed E-state index contributed by atoms with van der Waals surface area (Å²) in [6, 6.07) is 18.4. The van der Waals surface area contributed by atoms with Crippen LogP contribution in [0.1, 0.15) is 28.2 Å². The van der Waals surface area contributed by atoms with Gasteiger partial charge in [0.15, 0.2) is 0 Å². The average Bonchev–Trinajstić information content (AvgIpc) is 3.60. The fourth-order valence-corrected chi connectivity index (χ4v) is 5.02. The number of hydrogen-bond acceptors (Lipinski definition) is 5. The van der Waals surface area contributed by atoms with Gasteiger partial charge in [-0.1, -0.05) is 24.3 Å². The van der Waals surface area contributed by atoms with Gasteiger partial charge in [-0.15, -0.1) is 11.3 Å². The first-order valence-electron chi connectivity index (χ1n) is 10.8. The minimum Gasteiger partial charge on any atom is -0.478 e. The molecule has 166 valence electrons. The zero-order chi connectivity index (χ0) is 23.2. The van der Waals surface area contributed by atoms with E-state index in [-0.39, 0.29) is 11.1 Å². The number of aromatic nitrogens is 4. The monoisotopic (exact) mass is 466 g/mol. The Morgan fingerprint density at radius 1 is 1.09 bits per heavy atom. The maximum Gasteiger partial charge on any atom is 0.335 e. The lowest BCUT2D eigenvalue weighted by molar-refractivity contribution is 0.0697. The van der Waals surface area contributed by atoms with E-state index >= 15 is 0 Å². The lowest BCUT2D eigenvalue weighted by atomic mass is 10.1. The number of carboxylic acids is 1. The summed E-state index contributed by atoms with van der Waals surface area (Å²) in [5.41, 5.74) is 4.02. The maximum atomic E-state index is 13.1. The minimum absolute atomic E-state index is 0.108. The van der Waals surface area contributed by atoms with Crippen LogP contribution in [0.4, 0.5) is 0 Å². The zero-order valence-electron chi connectivity index (χ0n) is 17.9. The molecule has 4 heterocycles. The van der Waals surface area contributed by atoms with Crippen molar-refractivity contribution in [3.63, 3.8) is 0 Å². The van der Waals surface area contributed by atoms with Crippen molar-refractivity contribution in [2.75, 3.05) is 0 Å². The highest BCUT2D eigenvalue weighted by molar-refractivity contribution is 7.13. The predicted octanol–water partition coefficient (Wildman–Crippen LogP) is 4.95. The van der Waals surface area contributed by atoms with Crippen molar-refractivity contribution in [3.8, 4) is 16.3 Å².